The van der Waals surface area contributed by atoms with Crippen molar-refractivity contribution in [1.29, 1.82) is 0 Å². The van der Waals surface area contributed by atoms with Crippen LogP contribution in [0.1, 0.15) is 29.7 Å². The molecule has 0 spiro atoms. The lowest BCUT2D eigenvalue weighted by Gasteiger charge is -2.35. The molecule has 0 radical (unpaired) electrons. The highest BCUT2D eigenvalue weighted by Gasteiger charge is 2.29. The highest BCUT2D eigenvalue weighted by atomic mass is 16.5. The molecule has 1 aliphatic heterocycles. The van der Waals surface area contributed by atoms with E-state index in [2.05, 4.69) is 54.2 Å². The average Bonchev–Trinajstić information content (AvgIpc) is 3.04. The number of para-hydroxylation sites is 1. The predicted molar refractivity (Wildman–Crippen MR) is 110 cm³/mol. The van der Waals surface area contributed by atoms with E-state index in [1.165, 1.54) is 22.0 Å². The van der Waals surface area contributed by atoms with E-state index in [-0.39, 0.29) is 6.04 Å². The van der Waals surface area contributed by atoms with Crippen LogP contribution < -0.4 is 9.47 Å². The van der Waals surface area contributed by atoms with Gasteiger partial charge in [-0.05, 0) is 54.7 Å². The maximum Gasteiger partial charge on any atom is 0.210 e. The topological polar surface area (TPSA) is 43.7 Å². The van der Waals surface area contributed by atoms with Gasteiger partial charge in [-0.15, -0.1) is 0 Å². The Bertz CT molecular complexity index is 1010. The Hall–Kier alpha value is -2.95. The first kappa shape index (κ1) is 18.4. The van der Waals surface area contributed by atoms with Crippen LogP contribution in [0.15, 0.2) is 42.6 Å². The Morgan fingerprint density at radius 3 is 2.79 bits per heavy atom. The van der Waals surface area contributed by atoms with Gasteiger partial charge >= 0.3 is 0 Å². The van der Waals surface area contributed by atoms with Gasteiger partial charge in [0.2, 0.25) is 6.41 Å². The normalized spacial score (nSPS) is 16.1. The van der Waals surface area contributed by atoms with Gasteiger partial charge in [-0.25, -0.2) is 0 Å². The standard InChI is InChI=1S/C23H26N2O3/c1-4-28-23-13-19-16(12-22(23)27-3)9-10-25(15-26)21(19)11-17-14-24(2)20-8-6-5-7-18(17)20/h5-8,12-15,21H,4,9-11H2,1-3H3/t21-/m0/s1. The lowest BCUT2D eigenvalue weighted by Crippen LogP contribution is -2.35. The van der Waals surface area contributed by atoms with E-state index in [0.717, 1.165) is 36.3 Å². The molecule has 2 aromatic carbocycles. The van der Waals surface area contributed by atoms with Crippen molar-refractivity contribution < 1.29 is 14.3 Å². The molecule has 5 nitrogen and oxygen atoms in total. The van der Waals surface area contributed by atoms with E-state index in [1.807, 2.05) is 11.8 Å². The van der Waals surface area contributed by atoms with Crippen molar-refractivity contribution in [2.45, 2.75) is 25.8 Å². The molecule has 0 saturated carbocycles. The summed E-state index contributed by atoms with van der Waals surface area (Å²) in [7, 11) is 3.73. The third-order valence-corrected chi connectivity index (χ3v) is 5.65. The summed E-state index contributed by atoms with van der Waals surface area (Å²) < 4.78 is 13.5. The number of hydrogen-bond donors (Lipinski definition) is 0. The first-order valence-electron chi connectivity index (χ1n) is 9.73. The van der Waals surface area contributed by atoms with Gasteiger partial charge in [0, 0.05) is 30.7 Å². The van der Waals surface area contributed by atoms with Crippen LogP contribution in [-0.2, 0) is 24.7 Å². The van der Waals surface area contributed by atoms with Gasteiger partial charge in [0.05, 0.1) is 19.8 Å². The summed E-state index contributed by atoms with van der Waals surface area (Å²) in [5.74, 6) is 1.49. The molecule has 0 bridgehead atoms. The van der Waals surface area contributed by atoms with E-state index in [9.17, 15) is 4.79 Å². The number of hydrogen-bond acceptors (Lipinski definition) is 3. The van der Waals surface area contributed by atoms with Crippen molar-refractivity contribution in [1.82, 2.24) is 9.47 Å². The molecule has 0 saturated heterocycles. The Morgan fingerprint density at radius 1 is 1.21 bits per heavy atom. The molecule has 0 N–H and O–H groups in total. The molecule has 0 unspecified atom stereocenters. The molecule has 0 fully saturated rings. The molecule has 0 aliphatic carbocycles. The van der Waals surface area contributed by atoms with Crippen LogP contribution >= 0.6 is 0 Å². The minimum atomic E-state index is -0.0165. The maximum atomic E-state index is 11.8. The van der Waals surface area contributed by atoms with Crippen LogP contribution in [0, 0.1) is 0 Å². The first-order valence-corrected chi connectivity index (χ1v) is 9.73. The molecule has 3 aromatic rings. The van der Waals surface area contributed by atoms with E-state index in [0.29, 0.717) is 13.2 Å². The van der Waals surface area contributed by atoms with Crippen LogP contribution in [0.5, 0.6) is 11.5 Å². The molecule has 1 amide bonds. The summed E-state index contributed by atoms with van der Waals surface area (Å²) in [5, 5.41) is 1.24. The van der Waals surface area contributed by atoms with Crippen molar-refractivity contribution in [3.63, 3.8) is 0 Å². The van der Waals surface area contributed by atoms with Crippen LogP contribution in [0.4, 0.5) is 0 Å². The number of carbonyl (C=O) groups excluding carboxylic acids is 1. The monoisotopic (exact) mass is 378 g/mol. The van der Waals surface area contributed by atoms with Crippen LogP contribution in [0.3, 0.4) is 0 Å². The number of rotatable bonds is 6. The highest BCUT2D eigenvalue weighted by Crippen LogP contribution is 2.40. The Morgan fingerprint density at radius 2 is 2.04 bits per heavy atom. The van der Waals surface area contributed by atoms with Gasteiger partial charge in [-0.2, -0.15) is 0 Å². The fourth-order valence-corrected chi connectivity index (χ4v) is 4.31. The molecule has 28 heavy (non-hydrogen) atoms. The largest absolute Gasteiger partial charge is 0.493 e. The third-order valence-electron chi connectivity index (χ3n) is 5.65. The van der Waals surface area contributed by atoms with Crippen molar-refractivity contribution in [2.24, 2.45) is 7.05 Å². The molecule has 1 aromatic heterocycles. The third kappa shape index (κ3) is 3.11. The van der Waals surface area contributed by atoms with Crippen LogP contribution in [0.25, 0.3) is 10.9 Å². The van der Waals surface area contributed by atoms with Crippen LogP contribution in [-0.4, -0.2) is 36.1 Å². The number of amides is 1. The Kier molecular flexibility index (Phi) is 4.99. The molecule has 5 heteroatoms. The fourth-order valence-electron chi connectivity index (χ4n) is 4.31. The van der Waals surface area contributed by atoms with Gasteiger partial charge in [-0.3, -0.25) is 4.79 Å². The number of fused-ring (bicyclic) bond motifs is 2. The number of aromatic nitrogens is 1. The molecular formula is C23H26N2O3. The smallest absolute Gasteiger partial charge is 0.210 e. The van der Waals surface area contributed by atoms with Gasteiger partial charge < -0.3 is 18.9 Å². The quantitative estimate of drug-likeness (QED) is 0.612. The van der Waals surface area contributed by atoms with E-state index in [4.69, 9.17) is 9.47 Å². The molecule has 1 aliphatic rings. The van der Waals surface area contributed by atoms with Crippen molar-refractivity contribution in [3.05, 3.63) is 59.3 Å². The van der Waals surface area contributed by atoms with E-state index >= 15 is 0 Å². The average molecular weight is 378 g/mol. The second-order valence-electron chi connectivity index (χ2n) is 7.23. The number of carbonyl (C=O) groups is 1. The summed E-state index contributed by atoms with van der Waals surface area (Å²) >= 11 is 0. The number of aryl methyl sites for hydroxylation is 1. The highest BCUT2D eigenvalue weighted by molar-refractivity contribution is 5.84. The molecule has 1 atom stereocenters. The summed E-state index contributed by atoms with van der Waals surface area (Å²) in [5.41, 5.74) is 4.83. The zero-order valence-corrected chi connectivity index (χ0v) is 16.6. The fraction of sp³-hybridized carbons (Fsp3) is 0.348. The number of methoxy groups -OCH3 is 1. The lowest BCUT2D eigenvalue weighted by molar-refractivity contribution is -0.120. The lowest BCUT2D eigenvalue weighted by atomic mass is 9.88. The zero-order valence-electron chi connectivity index (χ0n) is 16.6. The summed E-state index contributed by atoms with van der Waals surface area (Å²) in [6, 6.07) is 12.5. The number of benzene rings is 2. The molecule has 4 rings (SSSR count). The SMILES string of the molecule is CCOc1cc2c(cc1OC)CCN(C=O)[C@H]2Cc1cn(C)c2ccccc12. The summed E-state index contributed by atoms with van der Waals surface area (Å²) in [6.45, 7) is 3.24. The summed E-state index contributed by atoms with van der Waals surface area (Å²) in [4.78, 5) is 13.7. The van der Waals surface area contributed by atoms with Crippen molar-refractivity contribution >= 4 is 17.3 Å². The Balaban J connectivity index is 1.79. The van der Waals surface area contributed by atoms with Gasteiger partial charge in [0.15, 0.2) is 11.5 Å². The second kappa shape index (κ2) is 7.58. The van der Waals surface area contributed by atoms with Gasteiger partial charge in [0.1, 0.15) is 0 Å². The van der Waals surface area contributed by atoms with E-state index < -0.39 is 0 Å². The number of ether oxygens (including phenoxy) is 2. The zero-order chi connectivity index (χ0) is 19.7. The molecule has 146 valence electrons. The molecular weight excluding hydrogens is 352 g/mol. The van der Waals surface area contributed by atoms with Crippen molar-refractivity contribution in [3.8, 4) is 11.5 Å². The van der Waals surface area contributed by atoms with Crippen LogP contribution in [0.2, 0.25) is 0 Å². The Labute approximate surface area is 165 Å². The van der Waals surface area contributed by atoms with Crippen molar-refractivity contribution in [2.75, 3.05) is 20.3 Å². The van der Waals surface area contributed by atoms with Gasteiger partial charge in [0.25, 0.3) is 0 Å². The second-order valence-corrected chi connectivity index (χ2v) is 7.23. The minimum Gasteiger partial charge on any atom is -0.493 e. The predicted octanol–water partition coefficient (Wildman–Crippen LogP) is 3.88. The minimum absolute atomic E-state index is 0.0165. The summed E-state index contributed by atoms with van der Waals surface area (Å²) in [6.07, 6.45) is 4.74. The van der Waals surface area contributed by atoms with E-state index in [1.54, 1.807) is 7.11 Å². The first-order chi connectivity index (χ1) is 13.7. The molecule has 2 heterocycles. The number of nitrogens with zero attached hydrogens (tertiary/aromatic N) is 2. The maximum absolute atomic E-state index is 11.8. The van der Waals surface area contributed by atoms with Gasteiger partial charge in [-0.1, -0.05) is 18.2 Å².